The minimum absolute atomic E-state index is 0.350. The number of urea groups is 1. The van der Waals surface area contributed by atoms with Crippen LogP contribution in [0.5, 0.6) is 0 Å². The number of carbonyl (C=O) groups excluding carboxylic acids is 1. The predicted octanol–water partition coefficient (Wildman–Crippen LogP) is 2.26. The molecule has 0 fully saturated rings. The van der Waals surface area contributed by atoms with Crippen LogP contribution in [0.1, 0.15) is 26.3 Å². The van der Waals surface area contributed by atoms with E-state index >= 15 is 0 Å². The van der Waals surface area contributed by atoms with E-state index in [4.69, 9.17) is 0 Å². The highest BCUT2D eigenvalue weighted by Crippen LogP contribution is 2.28. The number of hydrogen-bond donors (Lipinski definition) is 2. The van der Waals surface area contributed by atoms with Crippen molar-refractivity contribution in [2.24, 2.45) is 5.41 Å². The molecule has 1 heterocycles. The molecule has 108 valence electrons. The fourth-order valence-corrected chi connectivity index (χ4v) is 2.40. The Morgan fingerprint density at radius 3 is 2.55 bits per heavy atom. The average Bonchev–Trinajstić information content (AvgIpc) is 2.77. The fraction of sp³-hybridized carbons (Fsp3) is 0.467. The number of carboxylic acids is 1. The van der Waals surface area contributed by atoms with Gasteiger partial charge in [-0.3, -0.25) is 4.90 Å². The molecular weight excluding hydrogens is 256 g/mol. The molecule has 1 aliphatic heterocycles. The number of anilines is 1. The van der Waals surface area contributed by atoms with Gasteiger partial charge in [0.1, 0.15) is 6.04 Å². The Labute approximate surface area is 118 Å². The van der Waals surface area contributed by atoms with Gasteiger partial charge in [-0.15, -0.1) is 0 Å². The third kappa shape index (κ3) is 2.76. The minimum atomic E-state index is -1.02. The second-order valence-corrected chi connectivity index (χ2v) is 6.12. The molecule has 2 N–H and O–H groups in total. The first kappa shape index (κ1) is 14.4. The quantitative estimate of drug-likeness (QED) is 0.870. The molecule has 0 bridgehead atoms. The number of fused-ring (bicyclic) bond motifs is 1. The summed E-state index contributed by atoms with van der Waals surface area (Å²) in [5.41, 5.74) is 1.44. The number of nitrogens with one attached hydrogen (secondary N) is 1. The Bertz CT molecular complexity index is 534. The standard InChI is InChI=1S/C15H20N2O3/c1-15(2,3)12(13(18)19)16-14(20)17-9-8-10-6-4-5-7-11(10)17/h4-7,12H,8-9H2,1-3H3,(H,16,20)(H,18,19)/t12-/m1/s1. The third-order valence-electron chi connectivity index (χ3n) is 3.51. The van der Waals surface area contributed by atoms with Crippen LogP contribution in [-0.2, 0) is 11.2 Å². The van der Waals surface area contributed by atoms with Crippen LogP contribution in [0.15, 0.2) is 24.3 Å². The number of rotatable bonds is 2. The molecule has 1 aromatic rings. The summed E-state index contributed by atoms with van der Waals surface area (Å²) in [7, 11) is 0. The lowest BCUT2D eigenvalue weighted by Crippen LogP contribution is -2.53. The minimum Gasteiger partial charge on any atom is -0.480 e. The molecule has 2 amide bonds. The van der Waals surface area contributed by atoms with E-state index < -0.39 is 17.4 Å². The van der Waals surface area contributed by atoms with Crippen molar-refractivity contribution in [2.45, 2.75) is 33.2 Å². The molecule has 5 heteroatoms. The molecule has 0 saturated carbocycles. The highest BCUT2D eigenvalue weighted by atomic mass is 16.4. The van der Waals surface area contributed by atoms with Gasteiger partial charge in [0.15, 0.2) is 0 Å². The summed E-state index contributed by atoms with van der Waals surface area (Å²) >= 11 is 0. The number of para-hydroxylation sites is 1. The molecule has 1 atom stereocenters. The van der Waals surface area contributed by atoms with E-state index in [9.17, 15) is 14.7 Å². The van der Waals surface area contributed by atoms with Gasteiger partial charge >= 0.3 is 12.0 Å². The van der Waals surface area contributed by atoms with Gasteiger partial charge in [0, 0.05) is 12.2 Å². The van der Waals surface area contributed by atoms with Crippen molar-refractivity contribution in [3.05, 3.63) is 29.8 Å². The van der Waals surface area contributed by atoms with Crippen LogP contribution in [0.25, 0.3) is 0 Å². The van der Waals surface area contributed by atoms with Gasteiger partial charge in [-0.1, -0.05) is 39.0 Å². The largest absolute Gasteiger partial charge is 0.480 e. The van der Waals surface area contributed by atoms with Gasteiger partial charge in [-0.25, -0.2) is 9.59 Å². The van der Waals surface area contributed by atoms with Gasteiger partial charge < -0.3 is 10.4 Å². The van der Waals surface area contributed by atoms with E-state index in [-0.39, 0.29) is 6.03 Å². The van der Waals surface area contributed by atoms with Crippen LogP contribution < -0.4 is 10.2 Å². The fourth-order valence-electron chi connectivity index (χ4n) is 2.40. The number of aliphatic carboxylic acids is 1. The topological polar surface area (TPSA) is 69.6 Å². The number of benzene rings is 1. The molecule has 2 rings (SSSR count). The van der Waals surface area contributed by atoms with Crippen LogP contribution >= 0.6 is 0 Å². The molecule has 0 saturated heterocycles. The summed E-state index contributed by atoms with van der Waals surface area (Å²) in [6.07, 6.45) is 0.802. The summed E-state index contributed by atoms with van der Waals surface area (Å²) in [4.78, 5) is 25.2. The van der Waals surface area contributed by atoms with E-state index in [0.717, 1.165) is 17.7 Å². The first-order valence-corrected chi connectivity index (χ1v) is 6.69. The number of amides is 2. The van der Waals surface area contributed by atoms with Gasteiger partial charge in [0.25, 0.3) is 0 Å². The van der Waals surface area contributed by atoms with Gasteiger partial charge in [-0.05, 0) is 23.5 Å². The third-order valence-corrected chi connectivity index (χ3v) is 3.51. The average molecular weight is 276 g/mol. The molecule has 0 aromatic heterocycles. The zero-order valence-electron chi connectivity index (χ0n) is 12.0. The maximum atomic E-state index is 12.3. The molecule has 0 radical (unpaired) electrons. The number of nitrogens with zero attached hydrogens (tertiary/aromatic N) is 1. The predicted molar refractivity (Wildman–Crippen MR) is 76.9 cm³/mol. The van der Waals surface area contributed by atoms with Gasteiger partial charge in [0.2, 0.25) is 0 Å². The van der Waals surface area contributed by atoms with Crippen molar-refractivity contribution in [2.75, 3.05) is 11.4 Å². The summed E-state index contributed by atoms with van der Waals surface area (Å²) in [5.74, 6) is -1.02. The first-order valence-electron chi connectivity index (χ1n) is 6.69. The van der Waals surface area contributed by atoms with Crippen LogP contribution in [0.4, 0.5) is 10.5 Å². The first-order chi connectivity index (χ1) is 9.30. The number of hydrogen-bond acceptors (Lipinski definition) is 2. The van der Waals surface area contributed by atoms with Crippen LogP contribution in [0.2, 0.25) is 0 Å². The van der Waals surface area contributed by atoms with Crippen molar-refractivity contribution in [1.82, 2.24) is 5.32 Å². The van der Waals surface area contributed by atoms with E-state index in [1.165, 1.54) is 0 Å². The SMILES string of the molecule is CC(C)(C)[C@H](NC(=O)N1CCc2ccccc21)C(=O)O. The van der Waals surface area contributed by atoms with E-state index in [1.54, 1.807) is 25.7 Å². The number of carboxylic acid groups (broad SMARTS) is 1. The zero-order chi connectivity index (χ0) is 14.9. The van der Waals surface area contributed by atoms with Crippen LogP contribution in [-0.4, -0.2) is 29.7 Å². The normalized spacial score (nSPS) is 15.7. The lowest BCUT2D eigenvalue weighted by Gasteiger charge is -2.29. The Kier molecular flexibility index (Phi) is 3.70. The lowest BCUT2D eigenvalue weighted by molar-refractivity contribution is -0.141. The Balaban J connectivity index is 2.15. The van der Waals surface area contributed by atoms with Gasteiger partial charge in [0.05, 0.1) is 0 Å². The number of carbonyl (C=O) groups is 2. The van der Waals surface area contributed by atoms with E-state index in [0.29, 0.717) is 6.54 Å². The molecule has 1 aliphatic rings. The van der Waals surface area contributed by atoms with Crippen molar-refractivity contribution in [3.63, 3.8) is 0 Å². The Morgan fingerprint density at radius 2 is 1.95 bits per heavy atom. The maximum Gasteiger partial charge on any atom is 0.326 e. The maximum absolute atomic E-state index is 12.3. The second kappa shape index (κ2) is 5.15. The molecule has 0 spiro atoms. The van der Waals surface area contributed by atoms with Crippen molar-refractivity contribution in [1.29, 1.82) is 0 Å². The summed E-state index contributed by atoms with van der Waals surface area (Å²) in [6, 6.07) is 6.42. The Hall–Kier alpha value is -2.04. The van der Waals surface area contributed by atoms with Crippen LogP contribution in [0, 0.1) is 5.41 Å². The Morgan fingerprint density at radius 1 is 1.30 bits per heavy atom. The van der Waals surface area contributed by atoms with E-state index in [1.807, 2.05) is 24.3 Å². The van der Waals surface area contributed by atoms with Crippen molar-refractivity contribution >= 4 is 17.7 Å². The summed E-state index contributed by atoms with van der Waals surface area (Å²) in [5, 5.41) is 11.9. The molecule has 5 nitrogen and oxygen atoms in total. The molecule has 0 aliphatic carbocycles. The van der Waals surface area contributed by atoms with Gasteiger partial charge in [-0.2, -0.15) is 0 Å². The molecular formula is C15H20N2O3. The summed E-state index contributed by atoms with van der Waals surface area (Å²) in [6.45, 7) is 5.97. The highest BCUT2D eigenvalue weighted by Gasteiger charge is 2.35. The van der Waals surface area contributed by atoms with E-state index in [2.05, 4.69) is 5.32 Å². The summed E-state index contributed by atoms with van der Waals surface area (Å²) < 4.78 is 0. The lowest BCUT2D eigenvalue weighted by atomic mass is 9.87. The second-order valence-electron chi connectivity index (χ2n) is 6.12. The molecule has 0 unspecified atom stereocenters. The van der Waals surface area contributed by atoms with Crippen molar-refractivity contribution in [3.8, 4) is 0 Å². The highest BCUT2D eigenvalue weighted by molar-refractivity contribution is 5.96. The van der Waals surface area contributed by atoms with Crippen molar-refractivity contribution < 1.29 is 14.7 Å². The monoisotopic (exact) mass is 276 g/mol. The molecule has 1 aromatic carbocycles. The zero-order valence-corrected chi connectivity index (χ0v) is 12.0. The smallest absolute Gasteiger partial charge is 0.326 e. The van der Waals surface area contributed by atoms with Crippen LogP contribution in [0.3, 0.4) is 0 Å². The molecule has 20 heavy (non-hydrogen) atoms.